The number of rotatable bonds is 1. The Kier molecular flexibility index (Phi) is 2.26. The Bertz CT molecular complexity index is 551. The van der Waals surface area contributed by atoms with Crippen LogP contribution < -0.4 is 5.32 Å². The lowest BCUT2D eigenvalue weighted by Crippen LogP contribution is -2.21. The van der Waals surface area contributed by atoms with Gasteiger partial charge in [0, 0.05) is 13.6 Å². The van der Waals surface area contributed by atoms with Gasteiger partial charge in [-0.25, -0.2) is 4.98 Å². The Labute approximate surface area is 94.8 Å². The van der Waals surface area contributed by atoms with Gasteiger partial charge in [-0.3, -0.25) is 0 Å². The molecule has 0 unspecified atom stereocenters. The molecule has 0 radical (unpaired) electrons. The predicted octanol–water partition coefficient (Wildman–Crippen LogP) is 1.95. The van der Waals surface area contributed by atoms with Crippen LogP contribution in [0.2, 0.25) is 0 Å². The summed E-state index contributed by atoms with van der Waals surface area (Å²) in [4.78, 5) is 4.33. The van der Waals surface area contributed by atoms with Crippen molar-refractivity contribution < 1.29 is 0 Å². The molecule has 0 aliphatic carbocycles. The fraction of sp³-hybridized carbons (Fsp3) is 0.308. The summed E-state index contributed by atoms with van der Waals surface area (Å²) in [5, 5.41) is 3.40. The number of aryl methyl sites for hydroxylation is 1. The molecule has 0 spiro atoms. The minimum Gasteiger partial charge on any atom is -0.334 e. The van der Waals surface area contributed by atoms with Gasteiger partial charge in [0.25, 0.3) is 0 Å². The smallest absolute Gasteiger partial charge is 0.0955 e. The zero-order valence-electron chi connectivity index (χ0n) is 9.40. The summed E-state index contributed by atoms with van der Waals surface area (Å²) in [7, 11) is 2.03. The largest absolute Gasteiger partial charge is 0.334 e. The molecule has 0 bridgehead atoms. The molecule has 0 saturated carbocycles. The molecule has 1 N–H and O–H groups in total. The maximum Gasteiger partial charge on any atom is 0.0955 e. The maximum absolute atomic E-state index is 4.33. The Morgan fingerprint density at radius 3 is 3.12 bits per heavy atom. The summed E-state index contributed by atoms with van der Waals surface area (Å²) in [6, 6.07) is 6.48. The molecule has 0 saturated heterocycles. The van der Waals surface area contributed by atoms with Gasteiger partial charge in [-0.15, -0.1) is 0 Å². The Hall–Kier alpha value is -1.61. The summed E-state index contributed by atoms with van der Waals surface area (Å²) in [5.74, 6) is 0. The summed E-state index contributed by atoms with van der Waals surface area (Å²) in [6.45, 7) is 2.07. The molecule has 0 amide bonds. The first-order valence-electron chi connectivity index (χ1n) is 5.66. The van der Waals surface area contributed by atoms with Crippen molar-refractivity contribution in [1.82, 2.24) is 14.9 Å². The van der Waals surface area contributed by atoms with Gasteiger partial charge >= 0.3 is 0 Å². The van der Waals surface area contributed by atoms with Crippen LogP contribution in [0.15, 0.2) is 30.6 Å². The number of nitrogens with one attached hydrogen (secondary N) is 1. The molecule has 1 aliphatic heterocycles. The van der Waals surface area contributed by atoms with E-state index >= 15 is 0 Å². The van der Waals surface area contributed by atoms with Crippen molar-refractivity contribution in [3.8, 4) is 0 Å². The van der Waals surface area contributed by atoms with E-state index in [1.165, 1.54) is 16.7 Å². The van der Waals surface area contributed by atoms with Gasteiger partial charge < -0.3 is 9.88 Å². The minimum atomic E-state index is 0.976. The lowest BCUT2D eigenvalue weighted by molar-refractivity contribution is 0.739. The van der Waals surface area contributed by atoms with Gasteiger partial charge in [0.2, 0.25) is 0 Å². The highest BCUT2D eigenvalue weighted by Crippen LogP contribution is 2.21. The molecule has 82 valence electrons. The van der Waals surface area contributed by atoms with Crippen LogP contribution in [0, 0.1) is 0 Å². The van der Waals surface area contributed by atoms with E-state index in [2.05, 4.69) is 39.1 Å². The second kappa shape index (κ2) is 3.76. The third-order valence-corrected chi connectivity index (χ3v) is 3.12. The van der Waals surface area contributed by atoms with Crippen LogP contribution >= 0.6 is 0 Å². The van der Waals surface area contributed by atoms with Crippen LogP contribution in [-0.4, -0.2) is 22.6 Å². The number of benzene rings is 1. The normalized spacial score (nSPS) is 16.4. The zero-order valence-corrected chi connectivity index (χ0v) is 9.40. The molecule has 3 rings (SSSR count). The third kappa shape index (κ3) is 1.53. The number of fused-ring (bicyclic) bond motifs is 1. The molecule has 0 fully saturated rings. The first-order valence-corrected chi connectivity index (χ1v) is 5.66. The van der Waals surface area contributed by atoms with E-state index in [0.717, 1.165) is 25.0 Å². The van der Waals surface area contributed by atoms with E-state index < -0.39 is 0 Å². The highest BCUT2D eigenvalue weighted by molar-refractivity contribution is 5.81. The van der Waals surface area contributed by atoms with Crippen molar-refractivity contribution in [2.75, 3.05) is 13.1 Å². The van der Waals surface area contributed by atoms with Crippen LogP contribution in [0.5, 0.6) is 0 Å². The third-order valence-electron chi connectivity index (χ3n) is 3.12. The number of nitrogens with zero attached hydrogens (tertiary/aromatic N) is 2. The van der Waals surface area contributed by atoms with Crippen molar-refractivity contribution in [2.24, 2.45) is 7.05 Å². The van der Waals surface area contributed by atoms with Crippen LogP contribution in [-0.2, 0) is 7.05 Å². The summed E-state index contributed by atoms with van der Waals surface area (Å²) >= 11 is 0. The second-order valence-corrected chi connectivity index (χ2v) is 4.25. The van der Waals surface area contributed by atoms with E-state index in [0.29, 0.717) is 0 Å². The lowest BCUT2D eigenvalue weighted by atomic mass is 10.0. The molecule has 2 heterocycles. The summed E-state index contributed by atoms with van der Waals surface area (Å²) in [6.07, 6.45) is 5.31. The standard InChI is InChI=1S/C13H15N3/c1-16-9-15-12-5-4-10(7-13(12)16)11-3-2-6-14-8-11/h3-5,7,9,14H,2,6,8H2,1H3. The number of imidazole rings is 1. The van der Waals surface area contributed by atoms with Crippen molar-refractivity contribution in [3.63, 3.8) is 0 Å². The molecule has 0 atom stereocenters. The van der Waals surface area contributed by atoms with Gasteiger partial charge in [0.1, 0.15) is 0 Å². The fourth-order valence-corrected chi connectivity index (χ4v) is 2.19. The first-order chi connectivity index (χ1) is 7.84. The van der Waals surface area contributed by atoms with E-state index in [4.69, 9.17) is 0 Å². The van der Waals surface area contributed by atoms with Gasteiger partial charge in [-0.1, -0.05) is 12.1 Å². The highest BCUT2D eigenvalue weighted by atomic mass is 15.0. The quantitative estimate of drug-likeness (QED) is 0.784. The number of aromatic nitrogens is 2. The van der Waals surface area contributed by atoms with Gasteiger partial charge in [-0.2, -0.15) is 0 Å². The summed E-state index contributed by atoms with van der Waals surface area (Å²) < 4.78 is 2.07. The average Bonchev–Trinajstić information content (AvgIpc) is 2.72. The van der Waals surface area contributed by atoms with Crippen LogP contribution in [0.1, 0.15) is 12.0 Å². The Morgan fingerprint density at radius 1 is 1.38 bits per heavy atom. The highest BCUT2D eigenvalue weighted by Gasteiger charge is 2.07. The van der Waals surface area contributed by atoms with Gasteiger partial charge in [0.05, 0.1) is 17.4 Å². The predicted molar refractivity (Wildman–Crippen MR) is 66.2 cm³/mol. The lowest BCUT2D eigenvalue weighted by Gasteiger charge is -2.14. The Morgan fingerprint density at radius 2 is 2.31 bits per heavy atom. The van der Waals surface area contributed by atoms with Crippen molar-refractivity contribution in [3.05, 3.63) is 36.2 Å². The molecule has 1 aliphatic rings. The van der Waals surface area contributed by atoms with E-state index in [1.54, 1.807) is 0 Å². The molecule has 3 heteroatoms. The fourth-order valence-electron chi connectivity index (χ4n) is 2.19. The van der Waals surface area contributed by atoms with Crippen LogP contribution in [0.3, 0.4) is 0 Å². The summed E-state index contributed by atoms with van der Waals surface area (Å²) in [5.41, 5.74) is 4.97. The molecule has 16 heavy (non-hydrogen) atoms. The second-order valence-electron chi connectivity index (χ2n) is 4.25. The van der Waals surface area contributed by atoms with Crippen molar-refractivity contribution in [2.45, 2.75) is 6.42 Å². The number of hydrogen-bond acceptors (Lipinski definition) is 2. The molecule has 1 aromatic heterocycles. The van der Waals surface area contributed by atoms with E-state index in [1.807, 2.05) is 13.4 Å². The van der Waals surface area contributed by atoms with Crippen LogP contribution in [0.4, 0.5) is 0 Å². The van der Waals surface area contributed by atoms with E-state index in [-0.39, 0.29) is 0 Å². The topological polar surface area (TPSA) is 29.9 Å². The van der Waals surface area contributed by atoms with Crippen molar-refractivity contribution >= 4 is 16.6 Å². The first kappa shape index (κ1) is 9.60. The maximum atomic E-state index is 4.33. The minimum absolute atomic E-state index is 0.976. The Balaban J connectivity index is 2.10. The molecule has 1 aromatic carbocycles. The van der Waals surface area contributed by atoms with Crippen molar-refractivity contribution in [1.29, 1.82) is 0 Å². The van der Waals surface area contributed by atoms with Gasteiger partial charge in [-0.05, 0) is 36.2 Å². The molecular formula is C13H15N3. The van der Waals surface area contributed by atoms with Crippen LogP contribution in [0.25, 0.3) is 16.6 Å². The SMILES string of the molecule is Cn1cnc2ccc(C3=CCCNC3)cc21. The molecule has 2 aromatic rings. The van der Waals surface area contributed by atoms with E-state index in [9.17, 15) is 0 Å². The number of hydrogen-bond donors (Lipinski definition) is 1. The average molecular weight is 213 g/mol. The molecular weight excluding hydrogens is 198 g/mol. The zero-order chi connectivity index (χ0) is 11.0. The monoisotopic (exact) mass is 213 g/mol. The van der Waals surface area contributed by atoms with Gasteiger partial charge in [0.15, 0.2) is 0 Å². The molecule has 3 nitrogen and oxygen atoms in total.